The average molecular weight is 216 g/mol. The van der Waals surface area contributed by atoms with Crippen molar-refractivity contribution in [2.24, 2.45) is 0 Å². The second-order valence-corrected chi connectivity index (χ2v) is 2.02. The first kappa shape index (κ1) is 13.3. The van der Waals surface area contributed by atoms with Crippen LogP contribution in [0.25, 0.3) is 0 Å². The quantitative estimate of drug-likeness (QED) is 0.351. The van der Waals surface area contributed by atoms with E-state index in [9.17, 15) is 4.79 Å². The molecule has 0 saturated carbocycles. The molecule has 1 N–H and O–H groups in total. The summed E-state index contributed by atoms with van der Waals surface area (Å²) in [7, 11) is 0. The molecule has 0 aliphatic carbocycles. The molecular weight excluding hydrogens is 206 g/mol. The zero-order chi connectivity index (χ0) is 5.82. The van der Waals surface area contributed by atoms with Crippen LogP contribution in [0.4, 0.5) is 0 Å². The summed E-state index contributed by atoms with van der Waals surface area (Å²) in [5.41, 5.74) is 0. The number of rotatable bonds is 0. The van der Waals surface area contributed by atoms with Gasteiger partial charge in [0.15, 0.2) is 5.91 Å². The van der Waals surface area contributed by atoms with Gasteiger partial charge in [-0.2, -0.15) is 6.42 Å². The van der Waals surface area contributed by atoms with E-state index in [2.05, 4.69) is 5.32 Å². The van der Waals surface area contributed by atoms with Gasteiger partial charge in [-0.1, -0.05) is 6.42 Å². The van der Waals surface area contributed by atoms with Gasteiger partial charge in [0.1, 0.15) is 0 Å². The maximum absolute atomic E-state index is 10.5. The topological polar surface area (TPSA) is 29.1 Å². The normalized spacial score (nSPS) is 17.4. The maximum atomic E-state index is 10.5. The third-order valence-electron chi connectivity index (χ3n) is 1.27. The molecule has 0 aromatic heterocycles. The Morgan fingerprint density at radius 1 is 1.40 bits per heavy atom. The van der Waals surface area contributed by atoms with Gasteiger partial charge >= 0.3 is 23.1 Å². The second kappa shape index (κ2) is 7.82. The van der Waals surface area contributed by atoms with Crippen molar-refractivity contribution < 1.29 is 21.8 Å². The predicted molar refractivity (Wildman–Crippen MR) is 36.7 cm³/mol. The van der Waals surface area contributed by atoms with E-state index < -0.39 is 0 Å². The van der Waals surface area contributed by atoms with Crippen LogP contribution >= 0.6 is 0 Å². The van der Waals surface area contributed by atoms with Gasteiger partial charge in [-0.05, 0) is 6.42 Å². The van der Waals surface area contributed by atoms with Crippen molar-refractivity contribution in [2.45, 2.75) is 25.7 Å². The molecule has 2 nitrogen and oxygen atoms in total. The van der Waals surface area contributed by atoms with Crippen molar-refractivity contribution in [1.29, 1.82) is 0 Å². The van der Waals surface area contributed by atoms with E-state index in [1.807, 2.05) is 6.54 Å². The third-order valence-corrected chi connectivity index (χ3v) is 1.27. The number of hydrogen-bond acceptors (Lipinski definition) is 1. The molecule has 1 saturated heterocycles. The summed E-state index contributed by atoms with van der Waals surface area (Å²) in [5, 5.41) is 2.68. The van der Waals surface area contributed by atoms with Crippen molar-refractivity contribution in [3.05, 3.63) is 6.54 Å². The van der Waals surface area contributed by atoms with Crippen LogP contribution in [0.3, 0.4) is 0 Å². The molecule has 54 valence electrons. The van der Waals surface area contributed by atoms with Gasteiger partial charge in [0, 0.05) is 6.42 Å². The molecular formula is C6H10BrMgNO. The fraction of sp³-hybridized carbons (Fsp3) is 0.667. The molecule has 1 heterocycles. The van der Waals surface area contributed by atoms with Crippen molar-refractivity contribution in [3.8, 4) is 0 Å². The van der Waals surface area contributed by atoms with Crippen molar-refractivity contribution in [3.63, 3.8) is 0 Å². The first-order valence-corrected chi connectivity index (χ1v) is 3.00. The van der Waals surface area contributed by atoms with E-state index in [1.54, 1.807) is 0 Å². The number of carbonyl (C=O) groups is 1. The predicted octanol–water partition coefficient (Wildman–Crippen LogP) is -2.54. The molecule has 0 unspecified atom stereocenters. The van der Waals surface area contributed by atoms with E-state index >= 15 is 0 Å². The molecule has 0 radical (unpaired) electrons. The maximum Gasteiger partial charge on any atom is 2.00 e. The summed E-state index contributed by atoms with van der Waals surface area (Å²) in [6.07, 6.45) is 3.93. The first-order valence-electron chi connectivity index (χ1n) is 3.00. The van der Waals surface area contributed by atoms with Crippen molar-refractivity contribution >= 4 is 29.0 Å². The van der Waals surface area contributed by atoms with E-state index in [1.165, 1.54) is 0 Å². The molecule has 1 fully saturated rings. The second-order valence-electron chi connectivity index (χ2n) is 2.02. The minimum absolute atomic E-state index is 0. The Balaban J connectivity index is 0. The van der Waals surface area contributed by atoms with Crippen LogP contribution in [0.2, 0.25) is 0 Å². The smallest absolute Gasteiger partial charge is 1.00 e. The summed E-state index contributed by atoms with van der Waals surface area (Å²) >= 11 is 0. The Kier molecular flexibility index (Phi) is 10.4. The molecule has 0 aromatic rings. The number of carbonyl (C=O) groups excluding carboxylic acids is 1. The number of nitrogens with one attached hydrogen (secondary N) is 1. The van der Waals surface area contributed by atoms with Crippen LogP contribution in [-0.4, -0.2) is 29.0 Å². The van der Waals surface area contributed by atoms with Gasteiger partial charge in [0.25, 0.3) is 0 Å². The van der Waals surface area contributed by atoms with Crippen LogP contribution in [-0.2, 0) is 4.79 Å². The molecule has 1 aliphatic heterocycles. The van der Waals surface area contributed by atoms with Gasteiger partial charge in [-0.3, -0.25) is 4.79 Å². The Hall–Kier alpha value is 0.716. The summed E-state index contributed by atoms with van der Waals surface area (Å²) in [6, 6.07) is 0. The minimum Gasteiger partial charge on any atom is -1.00 e. The molecule has 1 aliphatic rings. The first-order chi connectivity index (χ1) is 3.89. The molecule has 0 spiro atoms. The average Bonchev–Trinajstić information content (AvgIpc) is 1.94. The molecule has 0 bridgehead atoms. The Morgan fingerprint density at radius 3 is 2.80 bits per heavy atom. The molecule has 0 aromatic carbocycles. The van der Waals surface area contributed by atoms with Gasteiger partial charge < -0.3 is 22.3 Å². The van der Waals surface area contributed by atoms with E-state index in [0.29, 0.717) is 6.42 Å². The zero-order valence-electron chi connectivity index (χ0n) is 5.90. The van der Waals surface area contributed by atoms with Gasteiger partial charge in [-0.25, -0.2) is 6.54 Å². The summed E-state index contributed by atoms with van der Waals surface area (Å²) in [6.45, 7) is 1.84. The van der Waals surface area contributed by atoms with E-state index in [0.717, 1.165) is 19.3 Å². The van der Waals surface area contributed by atoms with Crippen LogP contribution in [0.5, 0.6) is 0 Å². The molecule has 10 heavy (non-hydrogen) atoms. The van der Waals surface area contributed by atoms with Gasteiger partial charge in [0.05, 0.1) is 0 Å². The molecule has 0 atom stereocenters. The van der Waals surface area contributed by atoms with Gasteiger partial charge in [0.2, 0.25) is 0 Å². The van der Waals surface area contributed by atoms with Crippen molar-refractivity contribution in [2.75, 3.05) is 0 Å². The largest absolute Gasteiger partial charge is 2.00 e. The molecule has 1 rings (SSSR count). The summed E-state index contributed by atoms with van der Waals surface area (Å²) in [4.78, 5) is 10.5. The van der Waals surface area contributed by atoms with Crippen LogP contribution in [0.1, 0.15) is 25.7 Å². The summed E-state index contributed by atoms with van der Waals surface area (Å²) in [5.74, 6) is 0.169. The van der Waals surface area contributed by atoms with E-state index in [-0.39, 0.29) is 45.9 Å². The SMILES string of the molecule is O=C1CCCC[CH-]N1.[Br-].[Mg+2]. The molecule has 1 amide bonds. The number of hydrogen-bond donors (Lipinski definition) is 1. The van der Waals surface area contributed by atoms with Crippen LogP contribution < -0.4 is 22.3 Å². The zero-order valence-corrected chi connectivity index (χ0v) is 8.90. The molecule has 4 heteroatoms. The van der Waals surface area contributed by atoms with E-state index in [4.69, 9.17) is 0 Å². The monoisotopic (exact) mass is 215 g/mol. The summed E-state index contributed by atoms with van der Waals surface area (Å²) < 4.78 is 0. The Bertz CT molecular complexity index is 89.7. The Labute approximate surface area is 88.1 Å². The fourth-order valence-corrected chi connectivity index (χ4v) is 0.790. The third kappa shape index (κ3) is 5.50. The number of amides is 1. The van der Waals surface area contributed by atoms with Gasteiger partial charge in [-0.15, -0.1) is 0 Å². The fourth-order valence-electron chi connectivity index (χ4n) is 0.790. The minimum atomic E-state index is 0. The number of halogens is 1. The Morgan fingerprint density at radius 2 is 2.10 bits per heavy atom. The van der Waals surface area contributed by atoms with Crippen LogP contribution in [0, 0.1) is 6.54 Å². The van der Waals surface area contributed by atoms with Crippen molar-refractivity contribution in [1.82, 2.24) is 5.32 Å². The van der Waals surface area contributed by atoms with Crippen LogP contribution in [0.15, 0.2) is 0 Å². The standard InChI is InChI=1S/C6H10NO.BrH.Mg/c8-6-4-2-1-3-5-7-6;;/h5H,1-4H2,(H,7,8);1H;/q-1;;+2/p-1.